The molecule has 1 aromatic carbocycles. The summed E-state index contributed by atoms with van der Waals surface area (Å²) in [5, 5.41) is 0. The lowest BCUT2D eigenvalue weighted by atomic mass is 9.90. The molecule has 0 aromatic heterocycles. The lowest BCUT2D eigenvalue weighted by molar-refractivity contribution is -0.116. The maximum Gasteiger partial charge on any atom is 0.158 e. The van der Waals surface area contributed by atoms with E-state index in [0.717, 1.165) is 37.7 Å². The van der Waals surface area contributed by atoms with E-state index in [-0.39, 0.29) is 0 Å². The minimum atomic E-state index is 0.358. The summed E-state index contributed by atoms with van der Waals surface area (Å²) in [6.07, 6.45) is 12.4. The highest BCUT2D eigenvalue weighted by Gasteiger charge is 2.15. The molecule has 1 aliphatic carbocycles. The first-order chi connectivity index (χ1) is 9.81. The van der Waals surface area contributed by atoms with Crippen molar-refractivity contribution in [2.24, 2.45) is 0 Å². The van der Waals surface area contributed by atoms with E-state index in [2.05, 4.69) is 37.3 Å². The van der Waals surface area contributed by atoms with Crippen LogP contribution in [-0.4, -0.2) is 5.78 Å². The van der Waals surface area contributed by atoms with Crippen molar-refractivity contribution in [2.45, 2.75) is 64.7 Å². The first-order valence-corrected chi connectivity index (χ1v) is 8.13. The maximum absolute atomic E-state index is 11.9. The minimum absolute atomic E-state index is 0.358. The van der Waals surface area contributed by atoms with Gasteiger partial charge >= 0.3 is 0 Å². The average molecular weight is 270 g/mol. The van der Waals surface area contributed by atoms with Gasteiger partial charge in [0, 0.05) is 6.42 Å². The molecule has 0 heterocycles. The van der Waals surface area contributed by atoms with E-state index in [1.54, 1.807) is 0 Å². The molecule has 1 heteroatoms. The zero-order valence-corrected chi connectivity index (χ0v) is 12.7. The summed E-state index contributed by atoms with van der Waals surface area (Å²) in [4.78, 5) is 11.9. The minimum Gasteiger partial charge on any atom is -0.295 e. The van der Waals surface area contributed by atoms with Gasteiger partial charge in [-0.05, 0) is 54.9 Å². The van der Waals surface area contributed by atoms with Crippen LogP contribution in [0.3, 0.4) is 0 Å². The monoisotopic (exact) mass is 270 g/mol. The van der Waals surface area contributed by atoms with Crippen LogP contribution in [0.15, 0.2) is 29.8 Å². The number of aryl methyl sites for hydroxylation is 1. The molecule has 2 rings (SSSR count). The van der Waals surface area contributed by atoms with Crippen LogP contribution in [0, 0.1) is 0 Å². The number of Topliss-reactive ketones (excluding diaryl/α,β-unsaturated/α-hetero) is 1. The van der Waals surface area contributed by atoms with E-state index < -0.39 is 0 Å². The molecule has 0 amide bonds. The smallest absolute Gasteiger partial charge is 0.158 e. The summed E-state index contributed by atoms with van der Waals surface area (Å²) in [5.41, 5.74) is 3.70. The van der Waals surface area contributed by atoms with E-state index in [0.29, 0.717) is 5.78 Å². The molecule has 0 unspecified atom stereocenters. The fourth-order valence-electron chi connectivity index (χ4n) is 2.89. The van der Waals surface area contributed by atoms with Crippen molar-refractivity contribution < 1.29 is 4.79 Å². The number of rotatable bonds is 6. The van der Waals surface area contributed by atoms with Crippen LogP contribution in [0.5, 0.6) is 0 Å². The predicted molar refractivity (Wildman–Crippen MR) is 85.7 cm³/mol. The van der Waals surface area contributed by atoms with Crippen LogP contribution in [0.1, 0.15) is 69.4 Å². The number of hydrogen-bond donors (Lipinski definition) is 0. The molecule has 0 aliphatic heterocycles. The molecule has 1 saturated carbocycles. The molecule has 0 spiro atoms. The average Bonchev–Trinajstić information content (AvgIpc) is 2.47. The molecule has 0 bridgehead atoms. The first-order valence-electron chi connectivity index (χ1n) is 8.13. The van der Waals surface area contributed by atoms with Gasteiger partial charge in [0.05, 0.1) is 0 Å². The summed E-state index contributed by atoms with van der Waals surface area (Å²) in [5.74, 6) is 0.358. The Balaban J connectivity index is 2.07. The molecule has 1 nitrogen and oxygen atoms in total. The molecular formula is C19H26O. The van der Waals surface area contributed by atoms with Gasteiger partial charge in [-0.3, -0.25) is 4.79 Å². The Bertz CT molecular complexity index is 470. The van der Waals surface area contributed by atoms with E-state index >= 15 is 0 Å². The second-order valence-corrected chi connectivity index (χ2v) is 5.81. The van der Waals surface area contributed by atoms with Crippen molar-refractivity contribution in [3.8, 4) is 0 Å². The van der Waals surface area contributed by atoms with E-state index in [1.807, 2.05) is 0 Å². The Morgan fingerprint density at radius 1 is 1.05 bits per heavy atom. The van der Waals surface area contributed by atoms with Gasteiger partial charge in [0.2, 0.25) is 0 Å². The molecule has 0 atom stereocenters. The summed E-state index contributed by atoms with van der Waals surface area (Å²) < 4.78 is 0. The standard InChI is InChI=1S/C19H26O/c1-2-3-4-5-10-16-11-6-7-12-17(16)15-18-13-8-9-14-19(18)20/h6-7,11-12,15H,2-5,8-10,13-14H2,1H3/b18-15+. The molecule has 20 heavy (non-hydrogen) atoms. The molecule has 1 aromatic rings. The van der Waals surface area contributed by atoms with Crippen LogP contribution in [0.4, 0.5) is 0 Å². The Hall–Kier alpha value is -1.37. The Labute approximate surface area is 123 Å². The summed E-state index contributed by atoms with van der Waals surface area (Å²) in [7, 11) is 0. The summed E-state index contributed by atoms with van der Waals surface area (Å²) in [6.45, 7) is 2.24. The van der Waals surface area contributed by atoms with Gasteiger partial charge in [-0.1, -0.05) is 50.5 Å². The predicted octanol–water partition coefficient (Wildman–Crippen LogP) is 5.34. The number of allylic oxidation sites excluding steroid dienone is 1. The SMILES string of the molecule is CCCCCCc1ccccc1/C=C1\CCCCC1=O. The lowest BCUT2D eigenvalue weighted by Gasteiger charge is -2.13. The van der Waals surface area contributed by atoms with Gasteiger partial charge in [0.1, 0.15) is 0 Å². The van der Waals surface area contributed by atoms with Crippen molar-refractivity contribution in [2.75, 3.05) is 0 Å². The summed E-state index contributed by atoms with van der Waals surface area (Å²) in [6, 6.07) is 8.56. The third-order valence-electron chi connectivity index (χ3n) is 4.14. The van der Waals surface area contributed by atoms with Crippen LogP contribution >= 0.6 is 0 Å². The van der Waals surface area contributed by atoms with E-state index in [4.69, 9.17) is 0 Å². The second kappa shape index (κ2) is 8.04. The van der Waals surface area contributed by atoms with Crippen LogP contribution < -0.4 is 0 Å². The highest BCUT2D eigenvalue weighted by atomic mass is 16.1. The number of unbranched alkanes of at least 4 members (excludes halogenated alkanes) is 3. The number of hydrogen-bond acceptors (Lipinski definition) is 1. The highest BCUT2D eigenvalue weighted by molar-refractivity contribution is 6.00. The largest absolute Gasteiger partial charge is 0.295 e. The van der Waals surface area contributed by atoms with E-state index in [9.17, 15) is 4.79 Å². The molecule has 1 aliphatic rings. The van der Waals surface area contributed by atoms with Crippen LogP contribution in [0.25, 0.3) is 6.08 Å². The van der Waals surface area contributed by atoms with Gasteiger partial charge in [0.15, 0.2) is 5.78 Å². The highest BCUT2D eigenvalue weighted by Crippen LogP contribution is 2.24. The Kier molecular flexibility index (Phi) is 6.04. The quantitative estimate of drug-likeness (QED) is 0.504. The third kappa shape index (κ3) is 4.33. The first kappa shape index (κ1) is 15.0. The summed E-state index contributed by atoms with van der Waals surface area (Å²) >= 11 is 0. The number of ketones is 1. The Morgan fingerprint density at radius 2 is 1.85 bits per heavy atom. The van der Waals surface area contributed by atoms with Crippen molar-refractivity contribution >= 4 is 11.9 Å². The number of carbonyl (C=O) groups is 1. The van der Waals surface area contributed by atoms with Crippen molar-refractivity contribution in [1.82, 2.24) is 0 Å². The maximum atomic E-state index is 11.9. The molecule has 108 valence electrons. The van der Waals surface area contributed by atoms with Gasteiger partial charge < -0.3 is 0 Å². The molecule has 0 N–H and O–H groups in total. The molecular weight excluding hydrogens is 244 g/mol. The van der Waals surface area contributed by atoms with Crippen molar-refractivity contribution in [3.05, 3.63) is 41.0 Å². The fraction of sp³-hybridized carbons (Fsp3) is 0.526. The third-order valence-corrected chi connectivity index (χ3v) is 4.14. The second-order valence-electron chi connectivity index (χ2n) is 5.81. The number of carbonyl (C=O) groups excluding carboxylic acids is 1. The van der Waals surface area contributed by atoms with Crippen molar-refractivity contribution in [3.63, 3.8) is 0 Å². The molecule has 1 fully saturated rings. The van der Waals surface area contributed by atoms with Crippen LogP contribution in [-0.2, 0) is 11.2 Å². The van der Waals surface area contributed by atoms with E-state index in [1.165, 1.54) is 36.8 Å². The molecule has 0 radical (unpaired) electrons. The fourth-order valence-corrected chi connectivity index (χ4v) is 2.89. The van der Waals surface area contributed by atoms with Gasteiger partial charge in [-0.2, -0.15) is 0 Å². The molecule has 0 saturated heterocycles. The van der Waals surface area contributed by atoms with Crippen molar-refractivity contribution in [1.29, 1.82) is 0 Å². The van der Waals surface area contributed by atoms with Gasteiger partial charge in [-0.25, -0.2) is 0 Å². The zero-order valence-electron chi connectivity index (χ0n) is 12.7. The van der Waals surface area contributed by atoms with Gasteiger partial charge in [-0.15, -0.1) is 0 Å². The van der Waals surface area contributed by atoms with Gasteiger partial charge in [0.25, 0.3) is 0 Å². The van der Waals surface area contributed by atoms with Crippen LogP contribution in [0.2, 0.25) is 0 Å². The number of benzene rings is 1. The lowest BCUT2D eigenvalue weighted by Crippen LogP contribution is -2.08. The zero-order chi connectivity index (χ0) is 14.2. The Morgan fingerprint density at radius 3 is 2.65 bits per heavy atom. The topological polar surface area (TPSA) is 17.1 Å². The normalized spacial score (nSPS) is 17.6.